The smallest absolute Gasteiger partial charge is 0.0285 e. The van der Waals surface area contributed by atoms with Gasteiger partial charge in [-0.15, -0.1) is 0 Å². The van der Waals surface area contributed by atoms with Gasteiger partial charge in [0.1, 0.15) is 0 Å². The first-order valence-corrected chi connectivity index (χ1v) is 5.19. The Labute approximate surface area is 75.8 Å². The van der Waals surface area contributed by atoms with Gasteiger partial charge in [0.05, 0.1) is 0 Å². The molecule has 1 aliphatic carbocycles. The average Bonchev–Trinajstić information content (AvgIpc) is 2.50. The predicted octanol–water partition coefficient (Wildman–Crippen LogP) is 3.07. The summed E-state index contributed by atoms with van der Waals surface area (Å²) in [4.78, 5) is 0. The molecular formula is C10H11Br. The first-order valence-electron chi connectivity index (χ1n) is 4.07. The third-order valence-electron chi connectivity index (χ3n) is 2.39. The molecule has 1 aliphatic rings. The fourth-order valence-electron chi connectivity index (χ4n) is 1.82. The molecule has 11 heavy (non-hydrogen) atoms. The van der Waals surface area contributed by atoms with Crippen LogP contribution in [0.2, 0.25) is 0 Å². The Hall–Kier alpha value is -0.300. The number of hydrogen-bond acceptors (Lipinski definition) is 0. The van der Waals surface area contributed by atoms with Crippen LogP contribution in [0.5, 0.6) is 0 Å². The summed E-state index contributed by atoms with van der Waals surface area (Å²) in [5.41, 5.74) is 4.66. The zero-order valence-corrected chi connectivity index (χ0v) is 8.02. The Morgan fingerprint density at radius 1 is 1.27 bits per heavy atom. The largest absolute Gasteiger partial charge is 0.0876 e. The third kappa shape index (κ3) is 1.22. The van der Waals surface area contributed by atoms with Crippen molar-refractivity contribution in [3.63, 3.8) is 0 Å². The molecule has 0 unspecified atom stereocenters. The second kappa shape index (κ2) is 2.98. The summed E-state index contributed by atoms with van der Waals surface area (Å²) >= 11 is 3.51. The van der Waals surface area contributed by atoms with Gasteiger partial charge in [-0.1, -0.05) is 34.1 Å². The van der Waals surface area contributed by atoms with Gasteiger partial charge in [0.25, 0.3) is 0 Å². The van der Waals surface area contributed by atoms with E-state index < -0.39 is 0 Å². The van der Waals surface area contributed by atoms with E-state index in [1.54, 1.807) is 11.1 Å². The summed E-state index contributed by atoms with van der Waals surface area (Å²) < 4.78 is 0. The summed E-state index contributed by atoms with van der Waals surface area (Å²) in [6.45, 7) is 0. The van der Waals surface area contributed by atoms with Crippen molar-refractivity contribution in [2.45, 2.75) is 24.6 Å². The zero-order chi connectivity index (χ0) is 7.68. The Morgan fingerprint density at radius 2 is 2.18 bits per heavy atom. The number of fused-ring (bicyclic) bond motifs is 1. The van der Waals surface area contributed by atoms with Crippen molar-refractivity contribution >= 4 is 15.9 Å². The van der Waals surface area contributed by atoms with Crippen molar-refractivity contribution in [2.75, 3.05) is 0 Å². The quantitative estimate of drug-likeness (QED) is 0.626. The van der Waals surface area contributed by atoms with E-state index in [2.05, 4.69) is 34.1 Å². The second-order valence-corrected chi connectivity index (χ2v) is 3.60. The summed E-state index contributed by atoms with van der Waals surface area (Å²) in [6.07, 6.45) is 3.92. The van der Waals surface area contributed by atoms with Crippen LogP contribution in [0.15, 0.2) is 18.2 Å². The molecule has 58 valence electrons. The molecule has 0 saturated carbocycles. The van der Waals surface area contributed by atoms with Gasteiger partial charge >= 0.3 is 0 Å². The fraction of sp³-hybridized carbons (Fsp3) is 0.400. The van der Waals surface area contributed by atoms with E-state index in [4.69, 9.17) is 0 Å². The third-order valence-corrected chi connectivity index (χ3v) is 2.99. The minimum absolute atomic E-state index is 1.01. The number of benzene rings is 1. The molecule has 1 aromatic rings. The SMILES string of the molecule is BrCc1cccc2c1CCC2. The summed E-state index contributed by atoms with van der Waals surface area (Å²) in [6, 6.07) is 6.65. The lowest BCUT2D eigenvalue weighted by atomic mass is 10.1. The fourth-order valence-corrected chi connectivity index (χ4v) is 2.35. The van der Waals surface area contributed by atoms with Gasteiger partial charge in [0, 0.05) is 5.33 Å². The molecule has 0 spiro atoms. The Morgan fingerprint density at radius 3 is 3.00 bits per heavy atom. The molecule has 0 aliphatic heterocycles. The summed E-state index contributed by atoms with van der Waals surface area (Å²) in [5.74, 6) is 0. The molecule has 1 aromatic carbocycles. The van der Waals surface area contributed by atoms with E-state index in [9.17, 15) is 0 Å². The van der Waals surface area contributed by atoms with Crippen LogP contribution in [0.1, 0.15) is 23.1 Å². The van der Waals surface area contributed by atoms with Gasteiger partial charge in [-0.05, 0) is 36.0 Å². The normalized spacial score (nSPS) is 15.0. The van der Waals surface area contributed by atoms with Crippen molar-refractivity contribution in [3.05, 3.63) is 34.9 Å². The van der Waals surface area contributed by atoms with E-state index in [0.29, 0.717) is 0 Å². The molecule has 0 aromatic heterocycles. The maximum atomic E-state index is 3.51. The van der Waals surface area contributed by atoms with Crippen molar-refractivity contribution in [2.24, 2.45) is 0 Å². The topological polar surface area (TPSA) is 0 Å². The molecule has 2 rings (SSSR count). The molecule has 0 bridgehead atoms. The van der Waals surface area contributed by atoms with E-state index in [0.717, 1.165) is 5.33 Å². The van der Waals surface area contributed by atoms with Crippen LogP contribution in [0.4, 0.5) is 0 Å². The molecule has 0 atom stereocenters. The average molecular weight is 211 g/mol. The molecule has 0 amide bonds. The Bertz CT molecular complexity index is 266. The maximum absolute atomic E-state index is 3.51. The standard InChI is InChI=1S/C10H11Br/c11-7-9-5-1-3-8-4-2-6-10(8)9/h1,3,5H,2,4,6-7H2. The van der Waals surface area contributed by atoms with Crippen LogP contribution >= 0.6 is 15.9 Å². The minimum atomic E-state index is 1.01. The number of halogens is 1. The summed E-state index contributed by atoms with van der Waals surface area (Å²) in [7, 11) is 0. The van der Waals surface area contributed by atoms with Gasteiger partial charge in [0.15, 0.2) is 0 Å². The Kier molecular flexibility index (Phi) is 1.99. The molecule has 0 N–H and O–H groups in total. The van der Waals surface area contributed by atoms with Gasteiger partial charge in [-0.25, -0.2) is 0 Å². The van der Waals surface area contributed by atoms with E-state index in [1.165, 1.54) is 24.8 Å². The molecule has 0 radical (unpaired) electrons. The molecule has 1 heteroatoms. The lowest BCUT2D eigenvalue weighted by molar-refractivity contribution is 0.909. The van der Waals surface area contributed by atoms with Gasteiger partial charge in [-0.2, -0.15) is 0 Å². The molecule has 0 heterocycles. The van der Waals surface area contributed by atoms with Crippen molar-refractivity contribution in [3.8, 4) is 0 Å². The van der Waals surface area contributed by atoms with Crippen LogP contribution in [0, 0.1) is 0 Å². The van der Waals surface area contributed by atoms with Crippen molar-refractivity contribution in [1.82, 2.24) is 0 Å². The molecule has 0 fully saturated rings. The van der Waals surface area contributed by atoms with E-state index in [1.807, 2.05) is 0 Å². The highest BCUT2D eigenvalue weighted by Gasteiger charge is 2.12. The monoisotopic (exact) mass is 210 g/mol. The molecule has 0 nitrogen and oxygen atoms in total. The lowest BCUT2D eigenvalue weighted by Gasteiger charge is -2.03. The minimum Gasteiger partial charge on any atom is -0.0876 e. The highest BCUT2D eigenvalue weighted by molar-refractivity contribution is 9.08. The predicted molar refractivity (Wildman–Crippen MR) is 51.1 cm³/mol. The highest BCUT2D eigenvalue weighted by Crippen LogP contribution is 2.26. The van der Waals surface area contributed by atoms with E-state index >= 15 is 0 Å². The van der Waals surface area contributed by atoms with Gasteiger partial charge in [0.2, 0.25) is 0 Å². The van der Waals surface area contributed by atoms with Gasteiger partial charge in [-0.3, -0.25) is 0 Å². The van der Waals surface area contributed by atoms with Crippen molar-refractivity contribution in [1.29, 1.82) is 0 Å². The second-order valence-electron chi connectivity index (χ2n) is 3.04. The number of rotatable bonds is 1. The van der Waals surface area contributed by atoms with Crippen LogP contribution in [-0.2, 0) is 18.2 Å². The highest BCUT2D eigenvalue weighted by atomic mass is 79.9. The van der Waals surface area contributed by atoms with Crippen LogP contribution in [0.25, 0.3) is 0 Å². The first kappa shape index (κ1) is 7.35. The first-order chi connectivity index (χ1) is 5.42. The van der Waals surface area contributed by atoms with E-state index in [-0.39, 0.29) is 0 Å². The molecule has 0 saturated heterocycles. The van der Waals surface area contributed by atoms with Crippen LogP contribution in [-0.4, -0.2) is 0 Å². The lowest BCUT2D eigenvalue weighted by Crippen LogP contribution is -1.88. The van der Waals surface area contributed by atoms with Crippen molar-refractivity contribution < 1.29 is 0 Å². The zero-order valence-electron chi connectivity index (χ0n) is 6.44. The summed E-state index contributed by atoms with van der Waals surface area (Å²) in [5, 5.41) is 1.01. The molecular weight excluding hydrogens is 200 g/mol. The number of aryl methyl sites for hydroxylation is 1. The maximum Gasteiger partial charge on any atom is 0.0285 e. The van der Waals surface area contributed by atoms with Crippen LogP contribution < -0.4 is 0 Å². The number of alkyl halides is 1. The Balaban J connectivity index is 2.50. The number of hydrogen-bond donors (Lipinski definition) is 0. The van der Waals surface area contributed by atoms with Crippen LogP contribution in [0.3, 0.4) is 0 Å². The van der Waals surface area contributed by atoms with Gasteiger partial charge < -0.3 is 0 Å².